The molecule has 2 heteroatoms. The number of halogens is 1. The smallest absolute Gasteiger partial charge is 0.0485 e. The minimum Gasteiger partial charge on any atom is -0.379 e. The summed E-state index contributed by atoms with van der Waals surface area (Å²) < 4.78 is 0. The van der Waals surface area contributed by atoms with Crippen molar-refractivity contribution in [3.63, 3.8) is 0 Å². The van der Waals surface area contributed by atoms with Gasteiger partial charge < -0.3 is 5.32 Å². The molecular weight excluding hydrogens is 278 g/mol. The second-order valence-electron chi connectivity index (χ2n) is 5.57. The maximum absolute atomic E-state index is 5.93. The Morgan fingerprint density at radius 3 is 2.24 bits per heavy atom. The summed E-state index contributed by atoms with van der Waals surface area (Å²) in [4.78, 5) is 0. The van der Waals surface area contributed by atoms with Crippen LogP contribution in [-0.4, -0.2) is 0 Å². The van der Waals surface area contributed by atoms with Crippen molar-refractivity contribution in [3.8, 4) is 0 Å². The van der Waals surface area contributed by atoms with Gasteiger partial charge in [-0.25, -0.2) is 0 Å². The van der Waals surface area contributed by atoms with Crippen LogP contribution in [-0.2, 0) is 6.42 Å². The Morgan fingerprint density at radius 2 is 1.62 bits per heavy atom. The van der Waals surface area contributed by atoms with Gasteiger partial charge in [0.05, 0.1) is 0 Å². The number of anilines is 1. The fourth-order valence-electron chi connectivity index (χ4n) is 2.43. The summed E-state index contributed by atoms with van der Waals surface area (Å²) in [5.74, 6) is 0. The first-order valence-electron chi connectivity index (χ1n) is 7.80. The number of nitrogens with one attached hydrogen (secondary N) is 1. The molecule has 0 saturated heterocycles. The van der Waals surface area contributed by atoms with Crippen LogP contribution in [0.15, 0.2) is 48.5 Å². The number of hydrogen-bond acceptors (Lipinski definition) is 1. The minimum absolute atomic E-state index is 0.271. The molecule has 2 rings (SSSR count). The van der Waals surface area contributed by atoms with E-state index in [4.69, 9.17) is 11.6 Å². The van der Waals surface area contributed by atoms with Gasteiger partial charge in [-0.05, 0) is 55.2 Å². The molecule has 0 fully saturated rings. The fourth-order valence-corrected chi connectivity index (χ4v) is 2.56. The van der Waals surface area contributed by atoms with Crippen molar-refractivity contribution in [2.45, 2.75) is 45.6 Å². The molecule has 0 amide bonds. The predicted molar refractivity (Wildman–Crippen MR) is 93.2 cm³/mol. The van der Waals surface area contributed by atoms with Crippen molar-refractivity contribution in [1.82, 2.24) is 0 Å². The summed E-state index contributed by atoms with van der Waals surface area (Å²) in [6.07, 6.45) is 5.05. The largest absolute Gasteiger partial charge is 0.379 e. The van der Waals surface area contributed by atoms with Gasteiger partial charge in [0.2, 0.25) is 0 Å². The highest BCUT2D eigenvalue weighted by molar-refractivity contribution is 6.30. The third-order valence-corrected chi connectivity index (χ3v) is 4.03. The van der Waals surface area contributed by atoms with E-state index < -0.39 is 0 Å². The maximum Gasteiger partial charge on any atom is 0.0485 e. The molecule has 0 radical (unpaired) electrons. The number of rotatable bonds is 7. The van der Waals surface area contributed by atoms with Gasteiger partial charge >= 0.3 is 0 Å². The van der Waals surface area contributed by atoms with Gasteiger partial charge in [-0.3, -0.25) is 0 Å². The third kappa shape index (κ3) is 5.09. The van der Waals surface area contributed by atoms with Crippen molar-refractivity contribution < 1.29 is 0 Å². The Kier molecular flexibility index (Phi) is 6.13. The van der Waals surface area contributed by atoms with Crippen LogP contribution in [0.2, 0.25) is 5.02 Å². The second kappa shape index (κ2) is 8.09. The maximum atomic E-state index is 5.93. The molecule has 0 aliphatic carbocycles. The van der Waals surface area contributed by atoms with Crippen LogP contribution in [0.5, 0.6) is 0 Å². The van der Waals surface area contributed by atoms with Crippen molar-refractivity contribution in [3.05, 3.63) is 64.7 Å². The number of benzene rings is 2. The quantitative estimate of drug-likeness (QED) is 0.596. The van der Waals surface area contributed by atoms with Crippen LogP contribution in [0.25, 0.3) is 0 Å². The van der Waals surface area contributed by atoms with E-state index >= 15 is 0 Å². The molecule has 0 aliphatic heterocycles. The van der Waals surface area contributed by atoms with Crippen LogP contribution in [0, 0.1) is 0 Å². The third-order valence-electron chi connectivity index (χ3n) is 3.78. The summed E-state index contributed by atoms with van der Waals surface area (Å²) in [6.45, 7) is 4.41. The highest BCUT2D eigenvalue weighted by Crippen LogP contribution is 2.21. The van der Waals surface area contributed by atoms with Crippen LogP contribution < -0.4 is 5.32 Å². The minimum atomic E-state index is 0.271. The Labute approximate surface area is 133 Å². The van der Waals surface area contributed by atoms with Crippen LogP contribution in [0.1, 0.15) is 50.3 Å². The van der Waals surface area contributed by atoms with E-state index in [2.05, 4.69) is 55.6 Å². The topological polar surface area (TPSA) is 12.0 Å². The lowest BCUT2D eigenvalue weighted by Gasteiger charge is -2.16. The first-order valence-corrected chi connectivity index (χ1v) is 8.18. The lowest BCUT2D eigenvalue weighted by molar-refractivity contribution is 0.717. The first-order chi connectivity index (χ1) is 10.2. The average Bonchev–Trinajstić information content (AvgIpc) is 2.50. The highest BCUT2D eigenvalue weighted by atomic mass is 35.5. The summed E-state index contributed by atoms with van der Waals surface area (Å²) >= 11 is 5.93. The molecule has 21 heavy (non-hydrogen) atoms. The van der Waals surface area contributed by atoms with Crippen LogP contribution in [0.3, 0.4) is 0 Å². The van der Waals surface area contributed by atoms with E-state index in [1.54, 1.807) is 0 Å². The Balaban J connectivity index is 1.91. The molecule has 0 aliphatic rings. The number of unbranched alkanes of at least 4 members (excludes halogenated alkanes) is 2. The van der Waals surface area contributed by atoms with E-state index in [1.165, 1.54) is 36.8 Å². The van der Waals surface area contributed by atoms with E-state index in [-0.39, 0.29) is 6.04 Å². The molecule has 1 unspecified atom stereocenters. The monoisotopic (exact) mass is 301 g/mol. The molecule has 0 aromatic heterocycles. The standard InChI is InChI=1S/C19H24ClN/c1-3-4-5-6-16-7-13-19(14-8-16)21-15(2)17-9-11-18(20)12-10-17/h7-15,21H,3-6H2,1-2H3. The SMILES string of the molecule is CCCCCc1ccc(NC(C)c2ccc(Cl)cc2)cc1. The van der Waals surface area contributed by atoms with E-state index in [9.17, 15) is 0 Å². The summed E-state index contributed by atoms with van der Waals surface area (Å²) in [7, 11) is 0. The first kappa shape index (κ1) is 15.9. The van der Waals surface area contributed by atoms with Crippen molar-refractivity contribution in [1.29, 1.82) is 0 Å². The fraction of sp³-hybridized carbons (Fsp3) is 0.368. The molecule has 1 N–H and O–H groups in total. The van der Waals surface area contributed by atoms with Gasteiger partial charge in [0.15, 0.2) is 0 Å². The molecule has 0 heterocycles. The lowest BCUT2D eigenvalue weighted by atomic mass is 10.1. The van der Waals surface area contributed by atoms with E-state index in [1.807, 2.05) is 12.1 Å². The summed E-state index contributed by atoms with van der Waals surface area (Å²) in [5, 5.41) is 4.31. The van der Waals surface area contributed by atoms with E-state index in [0.29, 0.717) is 0 Å². The molecular formula is C19H24ClN. The molecule has 0 bridgehead atoms. The number of aryl methyl sites for hydroxylation is 1. The van der Waals surface area contributed by atoms with Gasteiger partial charge in [0, 0.05) is 16.8 Å². The van der Waals surface area contributed by atoms with E-state index in [0.717, 1.165) is 10.7 Å². The molecule has 2 aromatic rings. The zero-order valence-electron chi connectivity index (χ0n) is 12.9. The van der Waals surface area contributed by atoms with Crippen LogP contribution >= 0.6 is 11.6 Å². The molecule has 112 valence electrons. The van der Waals surface area contributed by atoms with Gasteiger partial charge in [-0.1, -0.05) is 55.6 Å². The molecule has 1 nitrogen and oxygen atoms in total. The van der Waals surface area contributed by atoms with Gasteiger partial charge in [-0.2, -0.15) is 0 Å². The van der Waals surface area contributed by atoms with Gasteiger partial charge in [0.25, 0.3) is 0 Å². The normalized spacial score (nSPS) is 12.1. The summed E-state index contributed by atoms with van der Waals surface area (Å²) in [6, 6.07) is 17.1. The Morgan fingerprint density at radius 1 is 0.952 bits per heavy atom. The molecule has 2 aromatic carbocycles. The van der Waals surface area contributed by atoms with Crippen molar-refractivity contribution >= 4 is 17.3 Å². The lowest BCUT2D eigenvalue weighted by Crippen LogP contribution is -2.06. The van der Waals surface area contributed by atoms with Gasteiger partial charge in [-0.15, -0.1) is 0 Å². The van der Waals surface area contributed by atoms with Crippen molar-refractivity contribution in [2.75, 3.05) is 5.32 Å². The Hall–Kier alpha value is -1.47. The molecule has 0 saturated carbocycles. The molecule has 0 spiro atoms. The van der Waals surface area contributed by atoms with Gasteiger partial charge in [0.1, 0.15) is 0 Å². The predicted octanol–water partition coefficient (Wildman–Crippen LogP) is 6.25. The average molecular weight is 302 g/mol. The second-order valence-corrected chi connectivity index (χ2v) is 6.01. The number of hydrogen-bond donors (Lipinski definition) is 1. The highest BCUT2D eigenvalue weighted by Gasteiger charge is 2.05. The zero-order valence-corrected chi connectivity index (χ0v) is 13.7. The van der Waals surface area contributed by atoms with Crippen LogP contribution in [0.4, 0.5) is 5.69 Å². The zero-order chi connectivity index (χ0) is 15.1. The Bertz CT molecular complexity index is 530. The summed E-state index contributed by atoms with van der Waals surface area (Å²) in [5.41, 5.74) is 3.83. The molecule has 1 atom stereocenters. The van der Waals surface area contributed by atoms with Crippen molar-refractivity contribution in [2.24, 2.45) is 0 Å².